The third-order valence-electron chi connectivity index (χ3n) is 3.05. The first-order valence-corrected chi connectivity index (χ1v) is 8.20. The molecule has 0 bridgehead atoms. The van der Waals surface area contributed by atoms with Crippen LogP contribution in [0.25, 0.3) is 0 Å². The zero-order valence-electron chi connectivity index (χ0n) is 11.1. The largest absolute Gasteiger partial charge is 0.468 e. The number of carbonyl (C=O) groups excluding carboxylic acids is 1. The van der Waals surface area contributed by atoms with Gasteiger partial charge in [-0.05, 0) is 18.2 Å². The summed E-state index contributed by atoms with van der Waals surface area (Å²) in [5.74, 6) is -0.668. The lowest BCUT2D eigenvalue weighted by Gasteiger charge is -2.32. The van der Waals surface area contributed by atoms with E-state index in [0.717, 1.165) is 4.31 Å². The predicted octanol–water partition coefficient (Wildman–Crippen LogP) is 1.56. The summed E-state index contributed by atoms with van der Waals surface area (Å²) in [6.45, 7) is 0.212. The summed E-state index contributed by atoms with van der Waals surface area (Å²) in [7, 11) is -2.70. The van der Waals surface area contributed by atoms with Crippen LogP contribution in [-0.2, 0) is 24.3 Å². The quantitative estimate of drug-likeness (QED) is 0.771. The number of carbonyl (C=O) groups is 1. The fourth-order valence-corrected chi connectivity index (χ4v) is 3.91. The third-order valence-corrected chi connectivity index (χ3v) is 5.69. The summed E-state index contributed by atoms with van der Waals surface area (Å²) in [6.07, 6.45) is 0. The minimum atomic E-state index is -3.90. The van der Waals surface area contributed by atoms with E-state index in [1.807, 2.05) is 0 Å². The van der Waals surface area contributed by atoms with Gasteiger partial charge in [0.2, 0.25) is 10.0 Å². The highest BCUT2D eigenvalue weighted by molar-refractivity contribution is 7.89. The SMILES string of the molecule is COC(=O)C1COCCN1S(=O)(=O)c1ccc(Cl)c(Cl)c1. The van der Waals surface area contributed by atoms with Gasteiger partial charge in [0.1, 0.15) is 6.04 Å². The summed E-state index contributed by atoms with van der Waals surface area (Å²) >= 11 is 11.6. The Bertz CT molecular complexity index is 649. The van der Waals surface area contributed by atoms with Gasteiger partial charge < -0.3 is 9.47 Å². The number of methoxy groups -OCH3 is 1. The van der Waals surface area contributed by atoms with Crippen molar-refractivity contribution in [1.82, 2.24) is 4.31 Å². The molecular weight excluding hydrogens is 341 g/mol. The van der Waals surface area contributed by atoms with Gasteiger partial charge >= 0.3 is 5.97 Å². The Balaban J connectivity index is 2.40. The first-order valence-electron chi connectivity index (χ1n) is 6.00. The summed E-state index contributed by atoms with van der Waals surface area (Å²) < 4.78 is 36.1. The lowest BCUT2D eigenvalue weighted by Crippen LogP contribution is -2.52. The van der Waals surface area contributed by atoms with Gasteiger partial charge in [0.25, 0.3) is 0 Å². The van der Waals surface area contributed by atoms with Gasteiger partial charge in [-0.25, -0.2) is 8.42 Å². The van der Waals surface area contributed by atoms with Crippen molar-refractivity contribution in [3.63, 3.8) is 0 Å². The van der Waals surface area contributed by atoms with Crippen molar-refractivity contribution in [2.45, 2.75) is 10.9 Å². The van der Waals surface area contributed by atoms with Crippen LogP contribution in [0.4, 0.5) is 0 Å². The average Bonchev–Trinajstić information content (AvgIpc) is 2.49. The highest BCUT2D eigenvalue weighted by Crippen LogP contribution is 2.28. The molecule has 0 spiro atoms. The molecule has 1 aromatic rings. The number of hydrogen-bond acceptors (Lipinski definition) is 5. The highest BCUT2D eigenvalue weighted by Gasteiger charge is 2.39. The number of sulfonamides is 1. The van der Waals surface area contributed by atoms with E-state index in [4.69, 9.17) is 27.9 Å². The fourth-order valence-electron chi connectivity index (χ4n) is 1.97. The summed E-state index contributed by atoms with van der Waals surface area (Å²) in [6, 6.07) is 2.98. The van der Waals surface area contributed by atoms with E-state index in [9.17, 15) is 13.2 Å². The molecule has 1 unspecified atom stereocenters. The molecular formula is C12H13Cl2NO5S. The van der Waals surface area contributed by atoms with Crippen LogP contribution in [0.2, 0.25) is 10.0 Å². The number of morpholine rings is 1. The maximum absolute atomic E-state index is 12.6. The Morgan fingerprint density at radius 1 is 1.38 bits per heavy atom. The van der Waals surface area contributed by atoms with Crippen LogP contribution in [0.5, 0.6) is 0 Å². The second-order valence-corrected chi connectivity index (χ2v) is 7.01. The molecule has 0 aromatic heterocycles. The molecule has 1 aromatic carbocycles. The van der Waals surface area contributed by atoms with Crippen LogP contribution in [0.3, 0.4) is 0 Å². The maximum Gasteiger partial charge on any atom is 0.326 e. The number of rotatable bonds is 3. The van der Waals surface area contributed by atoms with Crippen molar-refractivity contribution < 1.29 is 22.7 Å². The van der Waals surface area contributed by atoms with Crippen molar-refractivity contribution in [2.24, 2.45) is 0 Å². The second kappa shape index (κ2) is 6.50. The van der Waals surface area contributed by atoms with Gasteiger partial charge in [-0.2, -0.15) is 4.31 Å². The summed E-state index contributed by atoms with van der Waals surface area (Å²) in [5, 5.41) is 0.378. The number of nitrogens with zero attached hydrogens (tertiary/aromatic N) is 1. The summed E-state index contributed by atoms with van der Waals surface area (Å²) in [5.41, 5.74) is 0. The Hall–Kier alpha value is -0.860. The molecule has 6 nitrogen and oxygen atoms in total. The summed E-state index contributed by atoms with van der Waals surface area (Å²) in [4.78, 5) is 11.7. The van der Waals surface area contributed by atoms with Crippen LogP contribution in [0.15, 0.2) is 23.1 Å². The molecule has 1 atom stereocenters. The number of ether oxygens (including phenoxy) is 2. The molecule has 1 saturated heterocycles. The number of halogens is 2. The van der Waals surface area contributed by atoms with Crippen LogP contribution >= 0.6 is 23.2 Å². The van der Waals surface area contributed by atoms with Gasteiger partial charge in [0, 0.05) is 6.54 Å². The molecule has 0 aliphatic carbocycles. The lowest BCUT2D eigenvalue weighted by molar-refractivity contribution is -0.149. The normalized spacial score (nSPS) is 20.2. The first kappa shape index (κ1) is 16.5. The van der Waals surface area contributed by atoms with Crippen LogP contribution < -0.4 is 0 Å². The Labute approximate surface area is 132 Å². The molecule has 1 aliphatic heterocycles. The number of hydrogen-bond donors (Lipinski definition) is 0. The molecule has 1 fully saturated rings. The predicted molar refractivity (Wildman–Crippen MR) is 77.0 cm³/mol. The molecule has 9 heteroatoms. The molecule has 1 heterocycles. The van der Waals surface area contributed by atoms with E-state index in [1.54, 1.807) is 0 Å². The van der Waals surface area contributed by atoms with Crippen molar-refractivity contribution in [3.05, 3.63) is 28.2 Å². The van der Waals surface area contributed by atoms with E-state index in [1.165, 1.54) is 25.3 Å². The van der Waals surface area contributed by atoms with Gasteiger partial charge in [-0.15, -0.1) is 0 Å². The van der Waals surface area contributed by atoms with Gasteiger partial charge in [0.05, 0.1) is 35.3 Å². The minimum absolute atomic E-state index is 0.0345. The van der Waals surface area contributed by atoms with Crippen molar-refractivity contribution in [2.75, 3.05) is 26.9 Å². The number of benzene rings is 1. The van der Waals surface area contributed by atoms with Gasteiger partial charge in [-0.3, -0.25) is 4.79 Å². The molecule has 0 saturated carbocycles. The first-order chi connectivity index (χ1) is 9.87. The lowest BCUT2D eigenvalue weighted by atomic mass is 10.3. The van der Waals surface area contributed by atoms with Crippen molar-refractivity contribution in [3.8, 4) is 0 Å². The topological polar surface area (TPSA) is 72.9 Å². The second-order valence-electron chi connectivity index (χ2n) is 4.31. The zero-order valence-corrected chi connectivity index (χ0v) is 13.4. The molecule has 2 rings (SSSR count). The van der Waals surface area contributed by atoms with Crippen molar-refractivity contribution >= 4 is 39.2 Å². The van der Waals surface area contributed by atoms with E-state index in [-0.39, 0.29) is 34.7 Å². The van der Waals surface area contributed by atoms with Crippen LogP contribution in [-0.4, -0.2) is 51.6 Å². The molecule has 21 heavy (non-hydrogen) atoms. The van der Waals surface area contributed by atoms with Gasteiger partial charge in [-0.1, -0.05) is 23.2 Å². The minimum Gasteiger partial charge on any atom is -0.468 e. The van der Waals surface area contributed by atoms with E-state index >= 15 is 0 Å². The number of esters is 1. The van der Waals surface area contributed by atoms with Crippen molar-refractivity contribution in [1.29, 1.82) is 0 Å². The van der Waals surface area contributed by atoms with E-state index in [0.29, 0.717) is 0 Å². The molecule has 1 aliphatic rings. The van der Waals surface area contributed by atoms with E-state index in [2.05, 4.69) is 4.74 Å². The zero-order chi connectivity index (χ0) is 15.6. The van der Waals surface area contributed by atoms with Gasteiger partial charge in [0.15, 0.2) is 0 Å². The van der Waals surface area contributed by atoms with E-state index < -0.39 is 22.0 Å². The molecule has 0 amide bonds. The average molecular weight is 354 g/mol. The molecule has 0 N–H and O–H groups in total. The molecule has 0 radical (unpaired) electrons. The fraction of sp³-hybridized carbons (Fsp3) is 0.417. The Kier molecular flexibility index (Phi) is 5.11. The van der Waals surface area contributed by atoms with Crippen LogP contribution in [0.1, 0.15) is 0 Å². The smallest absolute Gasteiger partial charge is 0.326 e. The monoisotopic (exact) mass is 353 g/mol. The van der Waals surface area contributed by atoms with Crippen LogP contribution in [0, 0.1) is 0 Å². The third kappa shape index (κ3) is 3.32. The maximum atomic E-state index is 12.6. The standard InChI is InChI=1S/C12H13Cl2NO5S/c1-19-12(16)11-7-20-5-4-15(11)21(17,18)8-2-3-9(13)10(14)6-8/h2-3,6,11H,4-5,7H2,1H3. The highest BCUT2D eigenvalue weighted by atomic mass is 35.5. The molecule has 116 valence electrons. The Morgan fingerprint density at radius 3 is 2.71 bits per heavy atom. The Morgan fingerprint density at radius 2 is 2.10 bits per heavy atom.